The second-order valence-corrected chi connectivity index (χ2v) is 11.1. The highest BCUT2D eigenvalue weighted by Crippen LogP contribution is 2.75. The Balaban J connectivity index is 1.27. The van der Waals surface area contributed by atoms with E-state index in [0.717, 1.165) is 25.0 Å². The van der Waals surface area contributed by atoms with E-state index < -0.39 is 17.3 Å². The normalized spacial score (nSPS) is 32.0. The second-order valence-electron chi connectivity index (χ2n) is 11.1. The fraction of sp³-hybridized carbons (Fsp3) is 0.640. The lowest BCUT2D eigenvalue weighted by Gasteiger charge is -2.69. The zero-order valence-corrected chi connectivity index (χ0v) is 19.8. The zero-order valence-electron chi connectivity index (χ0n) is 19.8. The molecule has 35 heavy (non-hydrogen) atoms. The molecule has 3 aromatic rings. The third-order valence-electron chi connectivity index (χ3n) is 8.70. The zero-order chi connectivity index (χ0) is 24.1. The summed E-state index contributed by atoms with van der Waals surface area (Å²) >= 11 is 0. The molecule has 1 saturated heterocycles. The summed E-state index contributed by atoms with van der Waals surface area (Å²) in [5, 5.41) is 8.41. The van der Waals surface area contributed by atoms with Crippen molar-refractivity contribution in [3.8, 4) is 0 Å². The molecule has 8 rings (SSSR count). The maximum absolute atomic E-state index is 13.6. The predicted octanol–water partition coefficient (Wildman–Crippen LogP) is 4.29. The van der Waals surface area contributed by atoms with Gasteiger partial charge in [-0.25, -0.2) is 13.8 Å². The van der Waals surface area contributed by atoms with Crippen LogP contribution in [0, 0.1) is 19.3 Å². The first kappa shape index (κ1) is 21.5. The van der Waals surface area contributed by atoms with Crippen LogP contribution in [0.5, 0.6) is 0 Å². The summed E-state index contributed by atoms with van der Waals surface area (Å²) in [5.41, 5.74) is 1.73. The van der Waals surface area contributed by atoms with Crippen LogP contribution in [0.25, 0.3) is 5.65 Å². The van der Waals surface area contributed by atoms with Crippen LogP contribution in [0.2, 0.25) is 0 Å². The number of nitrogens with zero attached hydrogens (tertiary/aromatic N) is 5. The van der Waals surface area contributed by atoms with Gasteiger partial charge in [-0.15, -0.1) is 10.2 Å². The maximum atomic E-state index is 13.6. The fourth-order valence-electron chi connectivity index (χ4n) is 6.37. The summed E-state index contributed by atoms with van der Waals surface area (Å²) in [6, 6.07) is 0. The van der Waals surface area contributed by atoms with E-state index in [4.69, 9.17) is 19.1 Å². The molecular weight excluding hydrogens is 456 g/mol. The van der Waals surface area contributed by atoms with Crippen molar-refractivity contribution in [2.45, 2.75) is 88.6 Å². The Labute approximate surface area is 200 Å². The molecule has 0 amide bonds. The van der Waals surface area contributed by atoms with Crippen molar-refractivity contribution in [1.82, 2.24) is 24.6 Å². The molecule has 10 heteroatoms. The Morgan fingerprint density at radius 1 is 1.06 bits per heavy atom. The van der Waals surface area contributed by atoms with Gasteiger partial charge in [-0.05, 0) is 58.8 Å². The number of fused-ring (bicyclic) bond motifs is 1. The van der Waals surface area contributed by atoms with E-state index in [1.807, 2.05) is 0 Å². The maximum Gasteiger partial charge on any atom is 0.261 e. The van der Waals surface area contributed by atoms with Crippen molar-refractivity contribution >= 4 is 5.65 Å². The summed E-state index contributed by atoms with van der Waals surface area (Å²) in [6.07, 6.45) is 3.81. The number of alkyl halides is 2. The van der Waals surface area contributed by atoms with Crippen molar-refractivity contribution in [2.75, 3.05) is 6.61 Å². The Kier molecular flexibility index (Phi) is 4.40. The lowest BCUT2D eigenvalue weighted by Crippen LogP contribution is -2.68. The molecule has 5 fully saturated rings. The highest BCUT2D eigenvalue weighted by molar-refractivity contribution is 5.54. The summed E-state index contributed by atoms with van der Waals surface area (Å²) in [6.45, 7) is 4.08. The molecule has 4 aliphatic carbocycles. The highest BCUT2D eigenvalue weighted by atomic mass is 19.3. The van der Waals surface area contributed by atoms with E-state index in [1.54, 1.807) is 24.4 Å². The van der Waals surface area contributed by atoms with Crippen LogP contribution < -0.4 is 5.56 Å². The second kappa shape index (κ2) is 7.15. The molecule has 184 valence electrons. The van der Waals surface area contributed by atoms with Crippen molar-refractivity contribution in [3.05, 3.63) is 51.0 Å². The van der Waals surface area contributed by atoms with Gasteiger partial charge in [0.05, 0.1) is 11.4 Å². The van der Waals surface area contributed by atoms with Crippen LogP contribution in [-0.2, 0) is 10.2 Å². The molecule has 5 aliphatic rings. The van der Waals surface area contributed by atoms with Gasteiger partial charge in [0.1, 0.15) is 6.10 Å². The van der Waals surface area contributed by atoms with Crippen molar-refractivity contribution in [3.63, 3.8) is 0 Å². The van der Waals surface area contributed by atoms with Gasteiger partial charge < -0.3 is 9.15 Å². The monoisotopic (exact) mass is 483 g/mol. The Hall–Kier alpha value is -2.75. The van der Waals surface area contributed by atoms with E-state index in [0.29, 0.717) is 72.6 Å². The lowest BCUT2D eigenvalue weighted by atomic mass is 9.34. The van der Waals surface area contributed by atoms with Crippen molar-refractivity contribution in [1.29, 1.82) is 0 Å². The number of aromatic nitrogens is 5. The molecule has 2 bridgehead atoms. The van der Waals surface area contributed by atoms with Gasteiger partial charge in [0.2, 0.25) is 18.2 Å². The van der Waals surface area contributed by atoms with Crippen molar-refractivity contribution in [2.24, 2.45) is 5.41 Å². The van der Waals surface area contributed by atoms with Gasteiger partial charge in [0.25, 0.3) is 5.56 Å². The first-order valence-electron chi connectivity index (χ1n) is 12.4. The van der Waals surface area contributed by atoms with E-state index in [1.165, 1.54) is 0 Å². The third kappa shape index (κ3) is 3.07. The average molecular weight is 484 g/mol. The standard InChI is InChI=1S/C25H27F2N5O3/c1-12-13(2)28-19-18(24-9-25(10-24,11-24)23(26)27)29-16(8-32(19)22(12)33)15-5-6-34-17(7-15)21-31-30-20(35-21)14-3-4-14/h8,14-15,17,23H,3-7,9-11H2,1-2H3/t15-,17+,24?,25?/m1/s1. The minimum absolute atomic E-state index is 0.0121. The van der Waals surface area contributed by atoms with Crippen LogP contribution in [-0.4, -0.2) is 37.6 Å². The topological polar surface area (TPSA) is 95.4 Å². The molecule has 0 radical (unpaired) electrons. The first-order chi connectivity index (χ1) is 16.8. The molecule has 0 unspecified atom stereocenters. The minimum Gasteiger partial charge on any atom is -0.422 e. The quantitative estimate of drug-likeness (QED) is 0.534. The molecule has 3 aromatic heterocycles. The van der Waals surface area contributed by atoms with Gasteiger partial charge in [-0.3, -0.25) is 14.2 Å². The number of halogens is 2. The molecule has 4 heterocycles. The summed E-state index contributed by atoms with van der Waals surface area (Å²) < 4.78 is 40.6. The molecule has 0 spiro atoms. The fourth-order valence-corrected chi connectivity index (χ4v) is 6.37. The van der Waals surface area contributed by atoms with Gasteiger partial charge in [0, 0.05) is 46.7 Å². The Morgan fingerprint density at radius 3 is 2.51 bits per heavy atom. The lowest BCUT2D eigenvalue weighted by molar-refractivity contribution is -0.222. The predicted molar refractivity (Wildman–Crippen MR) is 120 cm³/mol. The van der Waals surface area contributed by atoms with Gasteiger partial charge in [-0.1, -0.05) is 0 Å². The first-order valence-corrected chi connectivity index (χ1v) is 12.4. The summed E-state index contributed by atoms with van der Waals surface area (Å²) in [7, 11) is 0. The Morgan fingerprint density at radius 2 is 1.80 bits per heavy atom. The van der Waals surface area contributed by atoms with E-state index in [-0.39, 0.29) is 17.6 Å². The number of ether oxygens (including phenoxy) is 1. The van der Waals surface area contributed by atoms with Gasteiger partial charge in [-0.2, -0.15) is 0 Å². The number of hydrogen-bond acceptors (Lipinski definition) is 7. The summed E-state index contributed by atoms with van der Waals surface area (Å²) in [4.78, 5) is 23.0. The number of rotatable bonds is 5. The molecule has 0 N–H and O–H groups in total. The molecule has 2 atom stereocenters. The number of aryl methyl sites for hydroxylation is 1. The van der Waals surface area contributed by atoms with Crippen LogP contribution in [0.1, 0.15) is 97.3 Å². The number of hydrogen-bond donors (Lipinski definition) is 0. The van der Waals surface area contributed by atoms with Gasteiger partial charge >= 0.3 is 0 Å². The SMILES string of the molecule is Cc1nc2c(C34CC(C(F)F)(C3)C4)nc([C@@H]3CCO[C@H](c4nnc(C5CC5)o4)C3)cn2c(=O)c1C. The molecular formula is C25H27F2N5O3. The largest absolute Gasteiger partial charge is 0.422 e. The molecule has 1 aliphatic heterocycles. The van der Waals surface area contributed by atoms with Crippen LogP contribution >= 0.6 is 0 Å². The van der Waals surface area contributed by atoms with E-state index in [9.17, 15) is 13.6 Å². The van der Waals surface area contributed by atoms with E-state index in [2.05, 4.69) is 10.2 Å². The average Bonchev–Trinajstić information content (AvgIpc) is 3.52. The molecule has 8 nitrogen and oxygen atoms in total. The minimum atomic E-state index is -2.33. The van der Waals surface area contributed by atoms with Crippen LogP contribution in [0.4, 0.5) is 8.78 Å². The smallest absolute Gasteiger partial charge is 0.261 e. The van der Waals surface area contributed by atoms with Gasteiger partial charge in [0.15, 0.2) is 5.65 Å². The van der Waals surface area contributed by atoms with Crippen molar-refractivity contribution < 1.29 is 17.9 Å². The third-order valence-corrected chi connectivity index (χ3v) is 8.70. The van der Waals surface area contributed by atoms with Crippen LogP contribution in [0.3, 0.4) is 0 Å². The summed E-state index contributed by atoms with van der Waals surface area (Å²) in [5.74, 6) is 1.55. The van der Waals surface area contributed by atoms with E-state index >= 15 is 0 Å². The van der Waals surface area contributed by atoms with Crippen LogP contribution in [0.15, 0.2) is 15.4 Å². The molecule has 4 saturated carbocycles. The molecule has 0 aromatic carbocycles. The Bertz CT molecular complexity index is 1390. The highest BCUT2D eigenvalue weighted by Gasteiger charge is 2.73.